The summed E-state index contributed by atoms with van der Waals surface area (Å²) >= 11 is 0. The molecule has 0 aromatic heterocycles. The van der Waals surface area contributed by atoms with Crippen molar-refractivity contribution in [2.75, 3.05) is 27.3 Å². The third kappa shape index (κ3) is 5.46. The predicted molar refractivity (Wildman–Crippen MR) is 107 cm³/mol. The van der Waals surface area contributed by atoms with Gasteiger partial charge >= 0.3 is 0 Å². The van der Waals surface area contributed by atoms with Gasteiger partial charge in [0.15, 0.2) is 0 Å². The molecule has 0 heterocycles. The molecule has 0 radical (unpaired) electrons. The Morgan fingerprint density at radius 3 is 2.18 bits per heavy atom. The average Bonchev–Trinajstić information content (AvgIpc) is 2.68. The summed E-state index contributed by atoms with van der Waals surface area (Å²) < 4.78 is 36.8. The Labute approximate surface area is 166 Å². The SMILES string of the molecule is CCOc1ccc(S(=O)(=O)N(C)CC(=O)N[C@@H](C)c2ccc(OC)cc2)cc1. The van der Waals surface area contributed by atoms with Crippen molar-refractivity contribution in [2.24, 2.45) is 0 Å². The highest BCUT2D eigenvalue weighted by Gasteiger charge is 2.23. The number of carbonyl (C=O) groups excluding carboxylic acids is 1. The largest absolute Gasteiger partial charge is 0.497 e. The summed E-state index contributed by atoms with van der Waals surface area (Å²) in [6, 6.07) is 13.2. The van der Waals surface area contributed by atoms with E-state index < -0.39 is 10.0 Å². The normalized spacial score (nSPS) is 12.5. The number of likely N-dealkylation sites (N-methyl/N-ethyl adjacent to an activating group) is 1. The Hall–Kier alpha value is -2.58. The van der Waals surface area contributed by atoms with Crippen LogP contribution in [0, 0.1) is 0 Å². The molecule has 0 saturated carbocycles. The van der Waals surface area contributed by atoms with Gasteiger partial charge in [-0.05, 0) is 55.8 Å². The molecule has 0 fully saturated rings. The Kier molecular flexibility index (Phi) is 7.42. The standard InChI is InChI=1S/C20H26N2O5S/c1-5-27-18-10-12-19(13-11-18)28(24,25)22(3)14-20(23)21-15(2)16-6-8-17(26-4)9-7-16/h6-13,15H,5,14H2,1-4H3,(H,21,23)/t15-/m0/s1. The molecule has 2 aromatic carbocycles. The van der Waals surface area contributed by atoms with Crippen molar-refractivity contribution in [3.63, 3.8) is 0 Å². The number of nitrogens with one attached hydrogen (secondary N) is 1. The van der Waals surface area contributed by atoms with Crippen molar-refractivity contribution < 1.29 is 22.7 Å². The van der Waals surface area contributed by atoms with Crippen LogP contribution in [0.25, 0.3) is 0 Å². The number of hydrogen-bond donors (Lipinski definition) is 1. The second-order valence-corrected chi connectivity index (χ2v) is 8.27. The maximum Gasteiger partial charge on any atom is 0.243 e. The number of carbonyl (C=O) groups is 1. The van der Waals surface area contributed by atoms with Gasteiger partial charge in [-0.3, -0.25) is 4.79 Å². The van der Waals surface area contributed by atoms with E-state index in [2.05, 4.69) is 5.32 Å². The van der Waals surface area contributed by atoms with Crippen LogP contribution in [0.15, 0.2) is 53.4 Å². The quantitative estimate of drug-likeness (QED) is 0.692. The van der Waals surface area contributed by atoms with Gasteiger partial charge in [0, 0.05) is 7.05 Å². The highest BCUT2D eigenvalue weighted by Crippen LogP contribution is 2.20. The van der Waals surface area contributed by atoms with Gasteiger partial charge in [0.05, 0.1) is 31.2 Å². The highest BCUT2D eigenvalue weighted by molar-refractivity contribution is 7.89. The average molecular weight is 407 g/mol. The topological polar surface area (TPSA) is 84.9 Å². The summed E-state index contributed by atoms with van der Waals surface area (Å²) in [4.78, 5) is 12.4. The van der Waals surface area contributed by atoms with E-state index >= 15 is 0 Å². The molecule has 7 nitrogen and oxygen atoms in total. The third-order valence-corrected chi connectivity index (χ3v) is 6.02. The zero-order valence-corrected chi connectivity index (χ0v) is 17.3. The molecule has 0 bridgehead atoms. The molecule has 0 aliphatic rings. The number of methoxy groups -OCH3 is 1. The van der Waals surface area contributed by atoms with Crippen LogP contribution in [0.2, 0.25) is 0 Å². The number of hydrogen-bond acceptors (Lipinski definition) is 5. The number of amides is 1. The lowest BCUT2D eigenvalue weighted by Gasteiger charge is -2.19. The van der Waals surface area contributed by atoms with Gasteiger partial charge in [0.1, 0.15) is 11.5 Å². The van der Waals surface area contributed by atoms with E-state index in [1.54, 1.807) is 31.4 Å². The van der Waals surface area contributed by atoms with E-state index in [-0.39, 0.29) is 23.4 Å². The van der Waals surface area contributed by atoms with Gasteiger partial charge in [-0.15, -0.1) is 0 Å². The number of benzene rings is 2. The van der Waals surface area contributed by atoms with Crippen LogP contribution in [-0.4, -0.2) is 45.9 Å². The summed E-state index contributed by atoms with van der Waals surface area (Å²) in [6.45, 7) is 3.90. The van der Waals surface area contributed by atoms with Crippen LogP contribution in [0.4, 0.5) is 0 Å². The molecular formula is C20H26N2O5S. The predicted octanol–water partition coefficient (Wildman–Crippen LogP) is 2.59. The highest BCUT2D eigenvalue weighted by atomic mass is 32.2. The van der Waals surface area contributed by atoms with E-state index in [1.807, 2.05) is 26.0 Å². The van der Waals surface area contributed by atoms with E-state index in [1.165, 1.54) is 19.2 Å². The van der Waals surface area contributed by atoms with Crippen molar-refractivity contribution in [3.8, 4) is 11.5 Å². The summed E-state index contributed by atoms with van der Waals surface area (Å²) in [6.07, 6.45) is 0. The van der Waals surface area contributed by atoms with Gasteiger partial charge in [-0.1, -0.05) is 12.1 Å². The molecule has 0 spiro atoms. The first-order valence-electron chi connectivity index (χ1n) is 8.90. The summed E-state index contributed by atoms with van der Waals surface area (Å²) in [5.41, 5.74) is 0.895. The van der Waals surface area contributed by atoms with Crippen molar-refractivity contribution in [3.05, 3.63) is 54.1 Å². The Morgan fingerprint density at radius 2 is 1.64 bits per heavy atom. The summed E-state index contributed by atoms with van der Waals surface area (Å²) in [5, 5.41) is 2.81. The first-order chi connectivity index (χ1) is 13.3. The second-order valence-electron chi connectivity index (χ2n) is 6.23. The lowest BCUT2D eigenvalue weighted by atomic mass is 10.1. The Balaban J connectivity index is 1.99. The maximum atomic E-state index is 12.7. The number of sulfonamides is 1. The van der Waals surface area contributed by atoms with E-state index in [0.29, 0.717) is 12.4 Å². The van der Waals surface area contributed by atoms with Crippen molar-refractivity contribution >= 4 is 15.9 Å². The fourth-order valence-corrected chi connectivity index (χ4v) is 3.73. The smallest absolute Gasteiger partial charge is 0.243 e. The van der Waals surface area contributed by atoms with Crippen LogP contribution < -0.4 is 14.8 Å². The molecule has 0 saturated heterocycles. The number of ether oxygens (including phenoxy) is 2. The number of rotatable bonds is 9. The van der Waals surface area contributed by atoms with Gasteiger partial charge < -0.3 is 14.8 Å². The minimum absolute atomic E-state index is 0.106. The molecule has 0 aliphatic carbocycles. The van der Waals surface area contributed by atoms with Crippen LogP contribution in [-0.2, 0) is 14.8 Å². The molecular weight excluding hydrogens is 380 g/mol. The molecule has 0 aliphatic heterocycles. The van der Waals surface area contributed by atoms with Crippen LogP contribution >= 0.6 is 0 Å². The Bertz CT molecular complexity index is 880. The molecule has 2 aromatic rings. The Morgan fingerprint density at radius 1 is 1.07 bits per heavy atom. The fourth-order valence-electron chi connectivity index (χ4n) is 2.60. The number of nitrogens with zero attached hydrogens (tertiary/aromatic N) is 1. The zero-order valence-electron chi connectivity index (χ0n) is 16.5. The van der Waals surface area contributed by atoms with Gasteiger partial charge in [0.25, 0.3) is 0 Å². The molecule has 1 amide bonds. The first kappa shape index (κ1) is 21.7. The monoisotopic (exact) mass is 406 g/mol. The van der Waals surface area contributed by atoms with E-state index in [4.69, 9.17) is 9.47 Å². The van der Waals surface area contributed by atoms with Crippen molar-refractivity contribution in [2.45, 2.75) is 24.8 Å². The third-order valence-electron chi connectivity index (χ3n) is 4.20. The lowest BCUT2D eigenvalue weighted by molar-refractivity contribution is -0.121. The summed E-state index contributed by atoms with van der Waals surface area (Å²) in [7, 11) is -0.812. The fraction of sp³-hybridized carbons (Fsp3) is 0.350. The van der Waals surface area contributed by atoms with Crippen molar-refractivity contribution in [1.29, 1.82) is 0 Å². The second kappa shape index (κ2) is 9.57. The first-order valence-corrected chi connectivity index (χ1v) is 10.3. The van der Waals surface area contributed by atoms with Crippen LogP contribution in [0.1, 0.15) is 25.5 Å². The molecule has 1 N–H and O–H groups in total. The van der Waals surface area contributed by atoms with Crippen LogP contribution in [0.5, 0.6) is 11.5 Å². The van der Waals surface area contributed by atoms with E-state index in [9.17, 15) is 13.2 Å². The minimum Gasteiger partial charge on any atom is -0.497 e. The minimum atomic E-state index is -3.77. The maximum absolute atomic E-state index is 12.7. The zero-order chi connectivity index (χ0) is 20.7. The molecule has 0 unspecified atom stereocenters. The van der Waals surface area contributed by atoms with Gasteiger partial charge in [-0.25, -0.2) is 8.42 Å². The van der Waals surface area contributed by atoms with Gasteiger partial charge in [0.2, 0.25) is 15.9 Å². The molecule has 8 heteroatoms. The molecule has 152 valence electrons. The van der Waals surface area contributed by atoms with E-state index in [0.717, 1.165) is 15.6 Å². The lowest BCUT2D eigenvalue weighted by Crippen LogP contribution is -2.39. The van der Waals surface area contributed by atoms with Gasteiger partial charge in [-0.2, -0.15) is 4.31 Å². The van der Waals surface area contributed by atoms with Crippen LogP contribution in [0.3, 0.4) is 0 Å². The molecule has 1 atom stereocenters. The van der Waals surface area contributed by atoms with Crippen molar-refractivity contribution in [1.82, 2.24) is 9.62 Å². The molecule has 28 heavy (non-hydrogen) atoms. The summed E-state index contributed by atoms with van der Waals surface area (Å²) in [5.74, 6) is 0.930. The molecule has 2 rings (SSSR count).